The highest BCUT2D eigenvalue weighted by atomic mass is 16.6. The lowest BCUT2D eigenvalue weighted by molar-refractivity contribution is -0.384. The number of carbonyl (C=O) groups is 2. The Kier molecular flexibility index (Phi) is 7.58. The zero-order chi connectivity index (χ0) is 27.1. The van der Waals surface area contributed by atoms with Crippen molar-refractivity contribution < 1.29 is 24.0 Å². The lowest BCUT2D eigenvalue weighted by Gasteiger charge is -2.61. The van der Waals surface area contributed by atoms with Crippen LogP contribution in [0.5, 0.6) is 0 Å². The Bertz CT molecular complexity index is 1050. The molecule has 8 unspecified atom stereocenters. The SMILES string of the molecule is COC(=O)CCCC1CCC2C3CCC4CC(OC(=O)c5ccc([N+](=O)[O-])cc5)CCC4(C)C3CCC12C. The van der Waals surface area contributed by atoms with Crippen molar-refractivity contribution in [3.05, 3.63) is 39.9 Å². The molecule has 4 fully saturated rings. The van der Waals surface area contributed by atoms with Crippen LogP contribution < -0.4 is 0 Å². The highest BCUT2D eigenvalue weighted by Gasteiger charge is 2.60. The van der Waals surface area contributed by atoms with Gasteiger partial charge < -0.3 is 9.47 Å². The van der Waals surface area contributed by atoms with Crippen molar-refractivity contribution in [3.8, 4) is 0 Å². The summed E-state index contributed by atoms with van der Waals surface area (Å²) in [7, 11) is 1.48. The molecule has 0 amide bonds. The molecular formula is C31H43NO6. The molecule has 7 heteroatoms. The van der Waals surface area contributed by atoms with Crippen LogP contribution in [0.2, 0.25) is 0 Å². The Hall–Kier alpha value is -2.44. The van der Waals surface area contributed by atoms with Crippen molar-refractivity contribution in [2.45, 2.75) is 97.0 Å². The Labute approximate surface area is 226 Å². The number of ether oxygens (including phenoxy) is 2. The van der Waals surface area contributed by atoms with E-state index in [1.54, 1.807) is 0 Å². The standard InChI is InChI=1S/C31H43NO6/c1-30-18-16-27-25(26(30)14-10-21(30)5-4-6-28(33)37-3)13-9-22-19-24(15-17-31(22,27)2)38-29(34)20-7-11-23(12-8-20)32(35)36/h7-8,11-12,21-22,24-27H,4-6,9-10,13-19H2,1-3H3. The third kappa shape index (κ3) is 4.86. The van der Waals surface area contributed by atoms with Crippen molar-refractivity contribution in [2.75, 3.05) is 7.11 Å². The number of non-ortho nitro benzene ring substituents is 1. The molecule has 8 atom stereocenters. The zero-order valence-corrected chi connectivity index (χ0v) is 23.2. The summed E-state index contributed by atoms with van der Waals surface area (Å²) in [5, 5.41) is 10.9. The Balaban J connectivity index is 1.20. The van der Waals surface area contributed by atoms with E-state index in [0.717, 1.165) is 55.8 Å². The van der Waals surface area contributed by atoms with E-state index in [1.165, 1.54) is 69.9 Å². The summed E-state index contributed by atoms with van der Waals surface area (Å²) >= 11 is 0. The van der Waals surface area contributed by atoms with E-state index in [9.17, 15) is 19.7 Å². The third-order valence-corrected chi connectivity index (χ3v) is 11.6. The van der Waals surface area contributed by atoms with E-state index in [1.807, 2.05) is 0 Å². The second-order valence-electron chi connectivity index (χ2n) is 13.0. The molecule has 0 saturated heterocycles. The summed E-state index contributed by atoms with van der Waals surface area (Å²) in [4.78, 5) is 34.8. The summed E-state index contributed by atoms with van der Waals surface area (Å²) in [6.45, 7) is 5.07. The molecule has 4 aliphatic carbocycles. The fourth-order valence-corrected chi connectivity index (χ4v) is 9.44. The number of carbonyl (C=O) groups excluding carboxylic acids is 2. The molecule has 4 aliphatic rings. The normalized spacial score (nSPS) is 37.9. The van der Waals surface area contributed by atoms with Crippen LogP contribution in [0.4, 0.5) is 5.69 Å². The first-order chi connectivity index (χ1) is 18.2. The number of fused-ring (bicyclic) bond motifs is 5. The summed E-state index contributed by atoms with van der Waals surface area (Å²) in [6, 6.07) is 5.70. The van der Waals surface area contributed by atoms with Crippen molar-refractivity contribution in [3.63, 3.8) is 0 Å². The molecule has 0 spiro atoms. The van der Waals surface area contributed by atoms with Gasteiger partial charge in [-0.15, -0.1) is 0 Å². The smallest absolute Gasteiger partial charge is 0.338 e. The molecule has 4 saturated carbocycles. The molecule has 38 heavy (non-hydrogen) atoms. The van der Waals surface area contributed by atoms with Crippen LogP contribution >= 0.6 is 0 Å². The van der Waals surface area contributed by atoms with Gasteiger partial charge in [-0.1, -0.05) is 13.8 Å². The molecule has 5 rings (SSSR count). The van der Waals surface area contributed by atoms with Gasteiger partial charge in [-0.25, -0.2) is 4.79 Å². The first kappa shape index (κ1) is 27.1. The van der Waals surface area contributed by atoms with Gasteiger partial charge in [0.25, 0.3) is 5.69 Å². The maximum Gasteiger partial charge on any atom is 0.338 e. The Morgan fingerprint density at radius 2 is 1.68 bits per heavy atom. The van der Waals surface area contributed by atoms with Crippen molar-refractivity contribution >= 4 is 17.6 Å². The summed E-state index contributed by atoms with van der Waals surface area (Å²) < 4.78 is 10.8. The molecule has 0 aliphatic heterocycles. The molecular weight excluding hydrogens is 482 g/mol. The van der Waals surface area contributed by atoms with Crippen LogP contribution in [0.15, 0.2) is 24.3 Å². The summed E-state index contributed by atoms with van der Waals surface area (Å²) in [5.74, 6) is 3.17. The van der Waals surface area contributed by atoms with E-state index in [2.05, 4.69) is 13.8 Å². The molecule has 208 valence electrons. The van der Waals surface area contributed by atoms with Crippen LogP contribution in [0.1, 0.15) is 101 Å². The number of esters is 2. The Morgan fingerprint density at radius 1 is 0.974 bits per heavy atom. The zero-order valence-electron chi connectivity index (χ0n) is 23.2. The van der Waals surface area contributed by atoms with Crippen LogP contribution in [0.3, 0.4) is 0 Å². The number of nitro benzene ring substituents is 1. The lowest BCUT2D eigenvalue weighted by Crippen LogP contribution is -2.54. The fraction of sp³-hybridized carbons (Fsp3) is 0.742. The number of nitro groups is 1. The van der Waals surface area contributed by atoms with Gasteiger partial charge in [-0.3, -0.25) is 14.9 Å². The molecule has 0 bridgehead atoms. The average molecular weight is 526 g/mol. The predicted molar refractivity (Wildman–Crippen MR) is 143 cm³/mol. The number of hydrogen-bond acceptors (Lipinski definition) is 6. The maximum atomic E-state index is 12.8. The molecule has 7 nitrogen and oxygen atoms in total. The first-order valence-electron chi connectivity index (χ1n) is 14.7. The summed E-state index contributed by atoms with van der Waals surface area (Å²) in [6.07, 6.45) is 13.2. The van der Waals surface area contributed by atoms with Gasteiger partial charge in [0.1, 0.15) is 6.10 Å². The van der Waals surface area contributed by atoms with E-state index < -0.39 is 4.92 Å². The van der Waals surface area contributed by atoms with E-state index >= 15 is 0 Å². The summed E-state index contributed by atoms with van der Waals surface area (Å²) in [5.41, 5.74) is 1.06. The predicted octanol–water partition coefficient (Wildman–Crippen LogP) is 7.12. The van der Waals surface area contributed by atoms with E-state index in [-0.39, 0.29) is 23.7 Å². The molecule has 0 N–H and O–H groups in total. The molecule has 0 heterocycles. The van der Waals surface area contributed by atoms with Gasteiger partial charge in [0, 0.05) is 18.6 Å². The monoisotopic (exact) mass is 525 g/mol. The van der Waals surface area contributed by atoms with Crippen molar-refractivity contribution in [1.82, 2.24) is 0 Å². The second kappa shape index (κ2) is 10.6. The van der Waals surface area contributed by atoms with Crippen LogP contribution in [0.25, 0.3) is 0 Å². The van der Waals surface area contributed by atoms with Gasteiger partial charge in [0.2, 0.25) is 0 Å². The van der Waals surface area contributed by atoms with E-state index in [0.29, 0.717) is 28.7 Å². The molecule has 1 aromatic rings. The first-order valence-corrected chi connectivity index (χ1v) is 14.7. The van der Waals surface area contributed by atoms with Crippen LogP contribution in [0, 0.1) is 50.5 Å². The number of benzene rings is 1. The number of hydrogen-bond donors (Lipinski definition) is 0. The van der Waals surface area contributed by atoms with Gasteiger partial charge in [-0.05, 0) is 123 Å². The fourth-order valence-electron chi connectivity index (χ4n) is 9.44. The minimum atomic E-state index is -0.460. The van der Waals surface area contributed by atoms with Gasteiger partial charge in [0.15, 0.2) is 0 Å². The molecule has 1 aromatic carbocycles. The second-order valence-corrected chi connectivity index (χ2v) is 13.0. The maximum absolute atomic E-state index is 12.8. The minimum absolute atomic E-state index is 0.0231. The van der Waals surface area contributed by atoms with E-state index in [4.69, 9.17) is 9.47 Å². The number of methoxy groups -OCH3 is 1. The molecule has 0 radical (unpaired) electrons. The van der Waals surface area contributed by atoms with Crippen LogP contribution in [-0.4, -0.2) is 30.1 Å². The number of nitrogens with zero attached hydrogens (tertiary/aromatic N) is 1. The van der Waals surface area contributed by atoms with Gasteiger partial charge in [-0.2, -0.15) is 0 Å². The topological polar surface area (TPSA) is 95.7 Å². The minimum Gasteiger partial charge on any atom is -0.469 e. The van der Waals surface area contributed by atoms with Crippen molar-refractivity contribution in [2.24, 2.45) is 40.4 Å². The van der Waals surface area contributed by atoms with Gasteiger partial charge in [0.05, 0.1) is 17.6 Å². The average Bonchev–Trinajstić information content (AvgIpc) is 3.25. The van der Waals surface area contributed by atoms with Gasteiger partial charge >= 0.3 is 11.9 Å². The number of rotatable bonds is 7. The van der Waals surface area contributed by atoms with Crippen LogP contribution in [-0.2, 0) is 14.3 Å². The quantitative estimate of drug-likeness (QED) is 0.214. The largest absolute Gasteiger partial charge is 0.469 e. The highest BCUT2D eigenvalue weighted by Crippen LogP contribution is 2.68. The lowest BCUT2D eigenvalue weighted by atomic mass is 9.44. The molecule has 0 aromatic heterocycles. The third-order valence-electron chi connectivity index (χ3n) is 11.6. The Morgan fingerprint density at radius 3 is 2.39 bits per heavy atom. The highest BCUT2D eigenvalue weighted by molar-refractivity contribution is 5.89. The van der Waals surface area contributed by atoms with Crippen molar-refractivity contribution in [1.29, 1.82) is 0 Å².